The fraction of sp³-hybridized carbons (Fsp3) is 0.190. The molecule has 0 bridgehead atoms. The Morgan fingerprint density at radius 3 is 2.56 bits per heavy atom. The van der Waals surface area contributed by atoms with Gasteiger partial charge in [0.25, 0.3) is 5.91 Å². The van der Waals surface area contributed by atoms with Crippen molar-refractivity contribution in [3.8, 4) is 16.9 Å². The number of likely N-dealkylation sites (N-methyl/N-ethyl adjacent to an activating group) is 1. The summed E-state index contributed by atoms with van der Waals surface area (Å²) in [5.74, 6) is -0.845. The highest BCUT2D eigenvalue weighted by molar-refractivity contribution is 6.20. The number of rotatable bonds is 8. The summed E-state index contributed by atoms with van der Waals surface area (Å²) in [6.45, 7) is 0.140. The first kappa shape index (κ1) is 23.3. The van der Waals surface area contributed by atoms with E-state index in [9.17, 15) is 23.1 Å². The van der Waals surface area contributed by atoms with Crippen molar-refractivity contribution < 1.29 is 27.8 Å². The number of aromatic nitrogens is 2. The number of carbonyl (C=O) groups excluding carboxylic acids is 1. The van der Waals surface area contributed by atoms with Gasteiger partial charge in [-0.3, -0.25) is 9.78 Å². The second-order valence-corrected chi connectivity index (χ2v) is 7.10. The molecule has 11 heteroatoms. The summed E-state index contributed by atoms with van der Waals surface area (Å²) < 4.78 is 43.4. The fourth-order valence-electron chi connectivity index (χ4n) is 2.86. The van der Waals surface area contributed by atoms with Gasteiger partial charge in [0.15, 0.2) is 0 Å². The van der Waals surface area contributed by atoms with E-state index in [-0.39, 0.29) is 24.5 Å². The maximum absolute atomic E-state index is 13.7. The number of hydrogen-bond acceptors (Lipinski definition) is 6. The van der Waals surface area contributed by atoms with Crippen LogP contribution in [0.3, 0.4) is 0 Å². The number of nitrogens with zero attached hydrogens (tertiary/aromatic N) is 3. The van der Waals surface area contributed by atoms with E-state index < -0.39 is 17.3 Å². The molecular formula is C21H18ClF3N4O3. The number of alkyl halides is 3. The summed E-state index contributed by atoms with van der Waals surface area (Å²) in [6, 6.07) is 7.96. The molecule has 2 heterocycles. The van der Waals surface area contributed by atoms with Crippen LogP contribution in [0.15, 0.2) is 55.0 Å². The minimum absolute atomic E-state index is 0.128. The highest BCUT2D eigenvalue weighted by Crippen LogP contribution is 2.30. The van der Waals surface area contributed by atoms with Crippen molar-refractivity contribution in [2.45, 2.75) is 5.57 Å². The molecule has 0 aliphatic heterocycles. The first-order chi connectivity index (χ1) is 15.2. The molecule has 3 aromatic rings. The normalized spacial score (nSPS) is 11.2. The standard InChI is InChI=1S/C21H18ClF3N4O3/c1-29(6-7-30)19-18(13-8-15(23)12-26-10-13)9-14(11-27-19)20(31)28-16-2-4-17(5-3-16)32-21(22,24)25/h2-5,8-12,30H,6-7H2,1H3,(H,28,31). The van der Waals surface area contributed by atoms with Crippen LogP contribution in [-0.2, 0) is 0 Å². The molecule has 0 radical (unpaired) electrons. The monoisotopic (exact) mass is 466 g/mol. The van der Waals surface area contributed by atoms with Crippen LogP contribution in [0.1, 0.15) is 10.4 Å². The number of amides is 1. The smallest absolute Gasteiger partial charge is 0.420 e. The third-order valence-electron chi connectivity index (χ3n) is 4.29. The molecule has 7 nitrogen and oxygen atoms in total. The van der Waals surface area contributed by atoms with Gasteiger partial charge in [0, 0.05) is 54.4 Å². The summed E-state index contributed by atoms with van der Waals surface area (Å²) in [5, 5.41) is 11.8. The summed E-state index contributed by atoms with van der Waals surface area (Å²) in [4.78, 5) is 22.5. The number of halogens is 4. The SMILES string of the molecule is CN(CCO)c1ncc(C(=O)Nc2ccc(OC(F)(F)Cl)cc2)cc1-c1cncc(F)c1. The van der Waals surface area contributed by atoms with E-state index in [0.717, 1.165) is 6.20 Å². The molecule has 0 saturated carbocycles. The summed E-state index contributed by atoms with van der Waals surface area (Å²) in [6.07, 6.45) is 3.82. The van der Waals surface area contributed by atoms with Crippen molar-refractivity contribution in [3.63, 3.8) is 0 Å². The van der Waals surface area contributed by atoms with Crippen LogP contribution in [0.5, 0.6) is 5.75 Å². The van der Waals surface area contributed by atoms with Gasteiger partial charge in [-0.15, -0.1) is 8.78 Å². The van der Waals surface area contributed by atoms with Gasteiger partial charge < -0.3 is 20.1 Å². The molecule has 0 saturated heterocycles. The molecule has 0 aliphatic rings. The lowest BCUT2D eigenvalue weighted by molar-refractivity contribution is -0.0964. The van der Waals surface area contributed by atoms with Gasteiger partial charge in [-0.1, -0.05) is 0 Å². The fourth-order valence-corrected chi connectivity index (χ4v) is 2.95. The molecule has 3 rings (SSSR count). The van der Waals surface area contributed by atoms with Crippen LogP contribution in [0.4, 0.5) is 24.7 Å². The molecular weight excluding hydrogens is 449 g/mol. The van der Waals surface area contributed by atoms with Crippen molar-refractivity contribution in [3.05, 3.63) is 66.4 Å². The van der Waals surface area contributed by atoms with E-state index in [2.05, 4.69) is 20.0 Å². The van der Waals surface area contributed by atoms with Crippen molar-refractivity contribution in [2.24, 2.45) is 0 Å². The Labute approximate surface area is 186 Å². The van der Waals surface area contributed by atoms with Gasteiger partial charge in [0.2, 0.25) is 0 Å². The quantitative estimate of drug-likeness (QED) is 0.485. The first-order valence-corrected chi connectivity index (χ1v) is 9.64. The maximum Gasteiger partial charge on any atom is 0.487 e. The minimum Gasteiger partial charge on any atom is -0.420 e. The van der Waals surface area contributed by atoms with Gasteiger partial charge >= 0.3 is 5.57 Å². The Kier molecular flexibility index (Phi) is 7.16. The average Bonchev–Trinajstić information content (AvgIpc) is 2.74. The molecule has 0 fully saturated rings. The highest BCUT2D eigenvalue weighted by Gasteiger charge is 2.27. The highest BCUT2D eigenvalue weighted by atomic mass is 35.5. The van der Waals surface area contributed by atoms with Gasteiger partial charge in [-0.05, 0) is 36.4 Å². The van der Waals surface area contributed by atoms with Crippen LogP contribution in [0.2, 0.25) is 0 Å². The lowest BCUT2D eigenvalue weighted by Gasteiger charge is -2.21. The summed E-state index contributed by atoms with van der Waals surface area (Å²) >= 11 is 4.72. The van der Waals surface area contributed by atoms with E-state index >= 15 is 0 Å². The lowest BCUT2D eigenvalue weighted by Crippen LogP contribution is -2.23. The predicted molar refractivity (Wildman–Crippen MR) is 114 cm³/mol. The van der Waals surface area contributed by atoms with Crippen LogP contribution in [0.25, 0.3) is 11.1 Å². The molecule has 2 N–H and O–H groups in total. The number of pyridine rings is 2. The minimum atomic E-state index is -3.84. The Morgan fingerprint density at radius 2 is 1.94 bits per heavy atom. The molecule has 2 aromatic heterocycles. The zero-order valence-corrected chi connectivity index (χ0v) is 17.5. The van der Waals surface area contributed by atoms with Crippen molar-refractivity contribution in [2.75, 3.05) is 30.4 Å². The van der Waals surface area contributed by atoms with E-state index in [4.69, 9.17) is 11.6 Å². The maximum atomic E-state index is 13.7. The van der Waals surface area contributed by atoms with E-state index in [1.54, 1.807) is 11.9 Å². The number of aliphatic hydroxyl groups excluding tert-OH is 1. The number of hydrogen-bond donors (Lipinski definition) is 2. The third-order valence-corrected chi connectivity index (χ3v) is 4.36. The molecule has 1 aromatic carbocycles. The topological polar surface area (TPSA) is 87.6 Å². The molecule has 0 unspecified atom stereocenters. The van der Waals surface area contributed by atoms with Gasteiger partial charge in [0.05, 0.1) is 18.4 Å². The zero-order valence-electron chi connectivity index (χ0n) is 16.7. The predicted octanol–water partition coefficient (Wildman–Crippen LogP) is 4.13. The van der Waals surface area contributed by atoms with Crippen molar-refractivity contribution in [1.29, 1.82) is 0 Å². The molecule has 168 valence electrons. The van der Waals surface area contributed by atoms with Crippen molar-refractivity contribution in [1.82, 2.24) is 9.97 Å². The number of ether oxygens (including phenoxy) is 1. The Bertz CT molecular complexity index is 1090. The van der Waals surface area contributed by atoms with Gasteiger partial charge in [-0.25, -0.2) is 9.37 Å². The molecule has 32 heavy (non-hydrogen) atoms. The number of anilines is 2. The molecule has 0 atom stereocenters. The summed E-state index contributed by atoms with van der Waals surface area (Å²) in [5.41, 5.74) is -2.53. The first-order valence-electron chi connectivity index (χ1n) is 9.26. The summed E-state index contributed by atoms with van der Waals surface area (Å²) in [7, 11) is 1.70. The molecule has 0 spiro atoms. The lowest BCUT2D eigenvalue weighted by atomic mass is 10.1. The number of benzene rings is 1. The van der Waals surface area contributed by atoms with E-state index in [1.165, 1.54) is 48.8 Å². The largest absolute Gasteiger partial charge is 0.487 e. The van der Waals surface area contributed by atoms with E-state index in [1.807, 2.05) is 0 Å². The van der Waals surface area contributed by atoms with Crippen LogP contribution < -0.4 is 15.0 Å². The third kappa shape index (κ3) is 6.08. The Balaban J connectivity index is 1.87. The van der Waals surface area contributed by atoms with Crippen LogP contribution in [0, 0.1) is 5.82 Å². The molecule has 1 amide bonds. The second kappa shape index (κ2) is 9.84. The zero-order chi connectivity index (χ0) is 23.3. The van der Waals surface area contributed by atoms with E-state index in [0.29, 0.717) is 22.6 Å². The van der Waals surface area contributed by atoms with Crippen LogP contribution in [-0.4, -0.2) is 46.7 Å². The average molecular weight is 467 g/mol. The second-order valence-electron chi connectivity index (χ2n) is 6.66. The van der Waals surface area contributed by atoms with Gasteiger partial charge in [0.1, 0.15) is 17.4 Å². The van der Waals surface area contributed by atoms with Gasteiger partial charge in [-0.2, -0.15) is 0 Å². The number of nitrogens with one attached hydrogen (secondary N) is 1. The Hall–Kier alpha value is -3.37. The van der Waals surface area contributed by atoms with Crippen molar-refractivity contribution >= 4 is 29.0 Å². The number of aliphatic hydroxyl groups is 1. The van der Waals surface area contributed by atoms with Crippen LogP contribution >= 0.6 is 11.6 Å². The molecule has 0 aliphatic carbocycles. The Morgan fingerprint density at radius 1 is 1.22 bits per heavy atom. The number of carbonyl (C=O) groups is 1.